The van der Waals surface area contributed by atoms with E-state index in [2.05, 4.69) is 6.92 Å². The van der Waals surface area contributed by atoms with E-state index in [1.807, 2.05) is 0 Å². The molecule has 116 valence electrons. The van der Waals surface area contributed by atoms with Gasteiger partial charge in [0.25, 0.3) is 0 Å². The van der Waals surface area contributed by atoms with Crippen LogP contribution in [0, 0.1) is 29.6 Å². The van der Waals surface area contributed by atoms with Crippen LogP contribution < -0.4 is 0 Å². The lowest BCUT2D eigenvalue weighted by Gasteiger charge is -2.43. The summed E-state index contributed by atoms with van der Waals surface area (Å²) >= 11 is 0. The molecule has 0 saturated heterocycles. The predicted octanol–water partition coefficient (Wildman–Crippen LogP) is 5.17. The quantitative estimate of drug-likeness (QED) is 0.755. The van der Waals surface area contributed by atoms with Crippen LogP contribution in [-0.2, 0) is 0 Å². The fraction of sp³-hybridized carbons (Fsp3) is 1.00. The van der Waals surface area contributed by atoms with Crippen molar-refractivity contribution in [3.63, 3.8) is 0 Å². The Balaban J connectivity index is 1.51. The normalized spacial score (nSPS) is 43.8. The van der Waals surface area contributed by atoms with Gasteiger partial charge in [0.1, 0.15) is 0 Å². The van der Waals surface area contributed by atoms with Crippen molar-refractivity contribution in [2.45, 2.75) is 90.1 Å². The van der Waals surface area contributed by atoms with Gasteiger partial charge in [-0.3, -0.25) is 0 Å². The minimum Gasteiger partial charge on any atom is -0.393 e. The lowest BCUT2D eigenvalue weighted by molar-refractivity contribution is -0.0137. The summed E-state index contributed by atoms with van der Waals surface area (Å²) in [4.78, 5) is 0. The van der Waals surface area contributed by atoms with Crippen molar-refractivity contribution in [3.05, 3.63) is 0 Å². The third kappa shape index (κ3) is 3.24. The molecule has 0 bridgehead atoms. The molecular formula is C19H34O. The second-order valence-electron chi connectivity index (χ2n) is 8.06. The van der Waals surface area contributed by atoms with Gasteiger partial charge in [-0.1, -0.05) is 51.9 Å². The number of aliphatic hydroxyl groups is 1. The van der Waals surface area contributed by atoms with Gasteiger partial charge in [0, 0.05) is 0 Å². The Hall–Kier alpha value is -0.0400. The zero-order valence-electron chi connectivity index (χ0n) is 13.4. The molecule has 20 heavy (non-hydrogen) atoms. The number of rotatable bonds is 3. The summed E-state index contributed by atoms with van der Waals surface area (Å²) in [7, 11) is 0. The Kier molecular flexibility index (Phi) is 5.07. The minimum absolute atomic E-state index is 0.0238. The Morgan fingerprint density at radius 3 is 2.15 bits per heavy atom. The van der Waals surface area contributed by atoms with E-state index in [0.717, 1.165) is 17.8 Å². The van der Waals surface area contributed by atoms with Crippen molar-refractivity contribution < 1.29 is 5.11 Å². The maximum absolute atomic E-state index is 10.8. The molecule has 3 aliphatic rings. The largest absolute Gasteiger partial charge is 0.393 e. The summed E-state index contributed by atoms with van der Waals surface area (Å²) in [6.45, 7) is 2.33. The molecule has 3 rings (SSSR count). The van der Waals surface area contributed by atoms with Gasteiger partial charge in [0.05, 0.1) is 6.10 Å². The smallest absolute Gasteiger partial charge is 0.0596 e. The molecule has 0 aromatic carbocycles. The number of aliphatic hydroxyl groups excluding tert-OH is 1. The van der Waals surface area contributed by atoms with Crippen LogP contribution in [0.3, 0.4) is 0 Å². The Morgan fingerprint density at radius 1 is 0.800 bits per heavy atom. The zero-order chi connectivity index (χ0) is 13.9. The van der Waals surface area contributed by atoms with Gasteiger partial charge in [-0.05, 0) is 61.7 Å². The molecule has 0 heterocycles. The second kappa shape index (κ2) is 6.81. The predicted molar refractivity (Wildman–Crippen MR) is 84.5 cm³/mol. The van der Waals surface area contributed by atoms with Crippen molar-refractivity contribution in [3.8, 4) is 0 Å². The highest BCUT2D eigenvalue weighted by Gasteiger charge is 2.38. The van der Waals surface area contributed by atoms with Crippen molar-refractivity contribution >= 4 is 0 Å². The molecule has 3 fully saturated rings. The van der Waals surface area contributed by atoms with Crippen LogP contribution in [0.5, 0.6) is 0 Å². The van der Waals surface area contributed by atoms with Crippen LogP contribution >= 0.6 is 0 Å². The molecule has 0 amide bonds. The van der Waals surface area contributed by atoms with Gasteiger partial charge in [-0.25, -0.2) is 0 Å². The molecular weight excluding hydrogens is 244 g/mol. The van der Waals surface area contributed by atoms with Crippen LogP contribution in [0.2, 0.25) is 0 Å². The van der Waals surface area contributed by atoms with Crippen molar-refractivity contribution in [2.24, 2.45) is 29.6 Å². The number of hydrogen-bond acceptors (Lipinski definition) is 1. The van der Waals surface area contributed by atoms with E-state index in [9.17, 15) is 5.11 Å². The summed E-state index contributed by atoms with van der Waals surface area (Å²) in [6, 6.07) is 0. The first-order valence-corrected chi connectivity index (χ1v) is 9.46. The first-order valence-electron chi connectivity index (χ1n) is 9.46. The van der Waals surface area contributed by atoms with Gasteiger partial charge in [-0.2, -0.15) is 0 Å². The summed E-state index contributed by atoms with van der Waals surface area (Å²) in [5.41, 5.74) is 0. The summed E-state index contributed by atoms with van der Waals surface area (Å²) < 4.78 is 0. The van der Waals surface area contributed by atoms with Crippen LogP contribution in [-0.4, -0.2) is 11.2 Å². The molecule has 1 N–H and O–H groups in total. The zero-order valence-corrected chi connectivity index (χ0v) is 13.4. The molecule has 1 nitrogen and oxygen atoms in total. The van der Waals surface area contributed by atoms with Crippen LogP contribution in [0.25, 0.3) is 0 Å². The number of fused-ring (bicyclic) bond motifs is 1. The molecule has 0 aromatic rings. The molecule has 3 saturated carbocycles. The first-order chi connectivity index (χ1) is 9.78. The van der Waals surface area contributed by atoms with Crippen LogP contribution in [0.4, 0.5) is 0 Å². The fourth-order valence-corrected chi connectivity index (χ4v) is 5.54. The maximum Gasteiger partial charge on any atom is 0.0596 e. The molecule has 0 spiro atoms. The van der Waals surface area contributed by atoms with E-state index >= 15 is 0 Å². The average molecular weight is 278 g/mol. The average Bonchev–Trinajstić information content (AvgIpc) is 2.54. The summed E-state index contributed by atoms with van der Waals surface area (Å²) in [5, 5.41) is 10.8. The van der Waals surface area contributed by atoms with Gasteiger partial charge in [0.2, 0.25) is 0 Å². The van der Waals surface area contributed by atoms with E-state index in [4.69, 9.17) is 0 Å². The Bertz CT molecular complexity index is 292. The highest BCUT2D eigenvalue weighted by molar-refractivity contribution is 4.89. The monoisotopic (exact) mass is 278 g/mol. The Morgan fingerprint density at radius 2 is 1.45 bits per heavy atom. The van der Waals surface area contributed by atoms with Gasteiger partial charge < -0.3 is 5.11 Å². The molecule has 3 aliphatic carbocycles. The minimum atomic E-state index is 0.0238. The van der Waals surface area contributed by atoms with Gasteiger partial charge in [0.15, 0.2) is 0 Å². The first kappa shape index (κ1) is 14.9. The van der Waals surface area contributed by atoms with E-state index in [1.54, 1.807) is 0 Å². The highest BCUT2D eigenvalue weighted by atomic mass is 16.3. The lowest BCUT2D eigenvalue weighted by Crippen LogP contribution is -2.38. The molecule has 0 aromatic heterocycles. The van der Waals surface area contributed by atoms with Crippen LogP contribution in [0.15, 0.2) is 0 Å². The fourth-order valence-electron chi connectivity index (χ4n) is 5.54. The highest BCUT2D eigenvalue weighted by Crippen LogP contribution is 2.46. The maximum atomic E-state index is 10.8. The van der Waals surface area contributed by atoms with Crippen molar-refractivity contribution in [2.75, 3.05) is 0 Å². The molecule has 1 heteroatoms. The molecule has 0 radical (unpaired) electrons. The molecule has 4 unspecified atom stereocenters. The molecule has 4 atom stereocenters. The summed E-state index contributed by atoms with van der Waals surface area (Å²) in [5.74, 6) is 4.19. The molecule has 0 aliphatic heterocycles. The summed E-state index contributed by atoms with van der Waals surface area (Å²) in [6.07, 6.45) is 16.6. The van der Waals surface area contributed by atoms with Gasteiger partial charge in [-0.15, -0.1) is 0 Å². The van der Waals surface area contributed by atoms with Crippen LogP contribution in [0.1, 0.15) is 84.0 Å². The standard InChI is InChI=1S/C19H34O/c1-2-14-7-9-16(10-8-14)19(20)18-12-11-15-5-3-4-6-17(15)13-18/h14-20H,2-13H2,1H3. The van der Waals surface area contributed by atoms with Gasteiger partial charge >= 0.3 is 0 Å². The lowest BCUT2D eigenvalue weighted by atomic mass is 9.64. The number of hydrogen-bond donors (Lipinski definition) is 1. The van der Waals surface area contributed by atoms with Crippen molar-refractivity contribution in [1.29, 1.82) is 0 Å². The Labute approximate surface area is 125 Å². The SMILES string of the molecule is CCC1CCC(C(O)C2CCC3CCCCC3C2)CC1. The van der Waals surface area contributed by atoms with E-state index in [0.29, 0.717) is 11.8 Å². The van der Waals surface area contributed by atoms with E-state index in [-0.39, 0.29) is 6.10 Å². The third-order valence-electron chi connectivity index (χ3n) is 7.01. The second-order valence-corrected chi connectivity index (χ2v) is 8.06. The topological polar surface area (TPSA) is 20.2 Å². The van der Waals surface area contributed by atoms with E-state index < -0.39 is 0 Å². The third-order valence-corrected chi connectivity index (χ3v) is 7.01. The van der Waals surface area contributed by atoms with Crippen molar-refractivity contribution in [1.82, 2.24) is 0 Å². The van der Waals surface area contributed by atoms with E-state index in [1.165, 1.54) is 77.0 Å².